The van der Waals surface area contributed by atoms with E-state index in [1.54, 1.807) is 24.3 Å². The fourth-order valence-electron chi connectivity index (χ4n) is 5.11. The summed E-state index contributed by atoms with van der Waals surface area (Å²) in [5, 5.41) is 0.616. The van der Waals surface area contributed by atoms with E-state index in [4.69, 9.17) is 32.4 Å². The largest absolute Gasteiger partial charge is 0.415 e. The zero-order valence-corrected chi connectivity index (χ0v) is 26.3. The summed E-state index contributed by atoms with van der Waals surface area (Å²) in [6.45, 7) is 17.2. The van der Waals surface area contributed by atoms with Gasteiger partial charge in [0.2, 0.25) is 0 Å². The molecule has 39 heavy (non-hydrogen) atoms. The van der Waals surface area contributed by atoms with Crippen LogP contribution in [0.1, 0.15) is 70.2 Å². The van der Waals surface area contributed by atoms with E-state index in [1.807, 2.05) is 30.0 Å². The van der Waals surface area contributed by atoms with E-state index < -0.39 is 31.9 Å². The molecule has 1 heterocycles. The molecule has 1 aliphatic heterocycles. The van der Waals surface area contributed by atoms with Crippen LogP contribution in [0.2, 0.25) is 28.2 Å². The number of amides is 1. The van der Waals surface area contributed by atoms with Crippen molar-refractivity contribution in [2.75, 3.05) is 6.61 Å². The van der Waals surface area contributed by atoms with Crippen molar-refractivity contribution in [3.63, 3.8) is 0 Å². The van der Waals surface area contributed by atoms with Gasteiger partial charge in [-0.25, -0.2) is 4.39 Å². The number of ether oxygens (including phenoxy) is 1. The van der Waals surface area contributed by atoms with Gasteiger partial charge >= 0.3 is 0 Å². The quantitative estimate of drug-likeness (QED) is 0.216. The van der Waals surface area contributed by atoms with Gasteiger partial charge in [-0.2, -0.15) is 0 Å². The van der Waals surface area contributed by atoms with Crippen LogP contribution in [0.4, 0.5) is 4.39 Å². The van der Waals surface area contributed by atoms with E-state index in [1.165, 1.54) is 6.07 Å². The lowest BCUT2D eigenvalue weighted by Crippen LogP contribution is -2.61. The van der Waals surface area contributed by atoms with Crippen LogP contribution in [0.5, 0.6) is 0 Å². The van der Waals surface area contributed by atoms with Crippen molar-refractivity contribution in [2.24, 2.45) is 5.92 Å². The molecule has 212 valence electrons. The Kier molecular flexibility index (Phi) is 8.76. The number of carbonyl (C=O) groups excluding carboxylic acids is 1. The van der Waals surface area contributed by atoms with Gasteiger partial charge in [-0.05, 0) is 79.2 Å². The lowest BCUT2D eigenvalue weighted by atomic mass is 9.85. The van der Waals surface area contributed by atoms with E-state index in [0.29, 0.717) is 29.5 Å². The second-order valence-electron chi connectivity index (χ2n) is 12.6. The highest BCUT2D eigenvalue weighted by Crippen LogP contribution is 2.51. The van der Waals surface area contributed by atoms with Gasteiger partial charge in [-0.1, -0.05) is 68.2 Å². The summed E-state index contributed by atoms with van der Waals surface area (Å²) in [6, 6.07) is 11.4. The highest BCUT2D eigenvalue weighted by molar-refractivity contribution is 6.74. The Bertz CT molecular complexity index is 1230. The van der Waals surface area contributed by atoms with E-state index in [-0.39, 0.29) is 22.0 Å². The minimum absolute atomic E-state index is 0.0233. The van der Waals surface area contributed by atoms with E-state index in [9.17, 15) is 9.18 Å². The van der Waals surface area contributed by atoms with Crippen molar-refractivity contribution < 1.29 is 18.3 Å². The van der Waals surface area contributed by atoms with Crippen molar-refractivity contribution in [1.29, 1.82) is 0 Å². The second-order valence-corrected chi connectivity index (χ2v) is 18.3. The molecular weight excluding hydrogens is 552 g/mol. The molecule has 0 aromatic heterocycles. The fraction of sp³-hybridized carbons (Fsp3) is 0.516. The van der Waals surface area contributed by atoms with Gasteiger partial charge in [0.1, 0.15) is 17.5 Å². The molecule has 8 heteroatoms. The topological polar surface area (TPSA) is 38.8 Å². The maximum atomic E-state index is 14.9. The number of rotatable bonds is 9. The third-order valence-electron chi connectivity index (χ3n) is 8.60. The molecule has 0 spiro atoms. The molecule has 0 bridgehead atoms. The van der Waals surface area contributed by atoms with Crippen molar-refractivity contribution >= 4 is 37.4 Å². The van der Waals surface area contributed by atoms with Crippen LogP contribution in [0.15, 0.2) is 55.1 Å². The molecule has 1 aliphatic carbocycles. The normalized spacial score (nSPS) is 25.1. The molecule has 1 amide bonds. The fourth-order valence-corrected chi connectivity index (χ4v) is 6.45. The first-order valence-electron chi connectivity index (χ1n) is 13.6. The molecule has 1 saturated carbocycles. The number of nitrogens with zero attached hydrogens (tertiary/aromatic N) is 1. The van der Waals surface area contributed by atoms with E-state index in [0.717, 1.165) is 18.4 Å². The number of hydrogen-bond acceptors (Lipinski definition) is 3. The first-order chi connectivity index (χ1) is 18.2. The van der Waals surface area contributed by atoms with Crippen LogP contribution in [-0.4, -0.2) is 37.4 Å². The molecule has 2 aromatic carbocycles. The molecule has 0 unspecified atom stereocenters. The zero-order valence-electron chi connectivity index (χ0n) is 23.8. The highest BCUT2D eigenvalue weighted by Gasteiger charge is 2.55. The summed E-state index contributed by atoms with van der Waals surface area (Å²) < 4.78 is 28.3. The van der Waals surface area contributed by atoms with Crippen LogP contribution in [0.3, 0.4) is 0 Å². The molecule has 1 saturated heterocycles. The number of benzene rings is 2. The molecule has 4 atom stereocenters. The van der Waals surface area contributed by atoms with Crippen molar-refractivity contribution in [1.82, 2.24) is 4.90 Å². The lowest BCUT2D eigenvalue weighted by molar-refractivity contribution is -0.204. The van der Waals surface area contributed by atoms with Gasteiger partial charge in [-0.15, -0.1) is 6.58 Å². The van der Waals surface area contributed by atoms with Crippen molar-refractivity contribution in [2.45, 2.75) is 88.9 Å². The van der Waals surface area contributed by atoms with Gasteiger partial charge in [0, 0.05) is 11.4 Å². The van der Waals surface area contributed by atoms with Gasteiger partial charge in [-0.3, -0.25) is 4.79 Å². The molecule has 2 aromatic rings. The van der Waals surface area contributed by atoms with Crippen LogP contribution in [0, 0.1) is 11.7 Å². The number of halogens is 3. The van der Waals surface area contributed by atoms with Gasteiger partial charge < -0.3 is 14.1 Å². The Morgan fingerprint density at radius 1 is 1.21 bits per heavy atom. The van der Waals surface area contributed by atoms with Gasteiger partial charge in [0.05, 0.1) is 23.7 Å². The molecule has 2 aliphatic rings. The SMILES string of the molecule is C=CC[C@]1(C)O[C@H](c2cccc(Cl)c2)[C@@H](c2ccc(Cl)c(F)c2)N([C@H](CO[Si](C)(C)C(C)(C)C)C2CC2)C1=O. The third-order valence-corrected chi connectivity index (χ3v) is 13.6. The Labute approximate surface area is 243 Å². The minimum atomic E-state index is -2.11. The van der Waals surface area contributed by atoms with Crippen LogP contribution in [0.25, 0.3) is 0 Å². The predicted octanol–water partition coefficient (Wildman–Crippen LogP) is 8.91. The van der Waals surface area contributed by atoms with E-state index >= 15 is 0 Å². The predicted molar refractivity (Wildman–Crippen MR) is 159 cm³/mol. The van der Waals surface area contributed by atoms with E-state index in [2.05, 4.69) is 40.4 Å². The van der Waals surface area contributed by atoms with Gasteiger partial charge in [0.25, 0.3) is 5.91 Å². The molecule has 4 nitrogen and oxygen atoms in total. The average Bonchev–Trinajstić information content (AvgIpc) is 3.68. The average molecular weight is 593 g/mol. The Morgan fingerprint density at radius 2 is 1.90 bits per heavy atom. The molecular formula is C31H40Cl2FNO3Si. The summed E-state index contributed by atoms with van der Waals surface area (Å²) in [4.78, 5) is 16.4. The Balaban J connectivity index is 1.88. The smallest absolute Gasteiger partial charge is 0.255 e. The zero-order chi connectivity index (χ0) is 28.8. The molecule has 0 radical (unpaired) electrons. The minimum Gasteiger partial charge on any atom is -0.415 e. The summed E-state index contributed by atoms with van der Waals surface area (Å²) in [5.41, 5.74) is 0.282. The first-order valence-corrected chi connectivity index (χ1v) is 17.3. The number of hydrogen-bond donors (Lipinski definition) is 0. The second kappa shape index (κ2) is 11.3. The van der Waals surface area contributed by atoms with Crippen molar-refractivity contribution in [3.8, 4) is 0 Å². The lowest BCUT2D eigenvalue weighted by Gasteiger charge is -2.52. The molecule has 4 rings (SSSR count). The monoisotopic (exact) mass is 591 g/mol. The third kappa shape index (κ3) is 6.30. The van der Waals surface area contributed by atoms with Crippen LogP contribution in [-0.2, 0) is 14.0 Å². The Hall–Kier alpha value is -1.70. The summed E-state index contributed by atoms with van der Waals surface area (Å²) in [5.74, 6) is -0.382. The van der Waals surface area contributed by atoms with Crippen molar-refractivity contribution in [3.05, 3.63) is 82.1 Å². The standard InChI is InChI=1S/C31H40Cl2FNO3Si/c1-8-16-31(5)29(36)35(26(20-12-13-20)19-37-39(6,7)30(2,3)4)27(21-14-15-24(33)25(34)18-21)28(38-31)22-10-9-11-23(32)17-22/h8-11,14-15,17-18,20,26-28H,1,12-13,16,19H2,2-7H3/t26-,27-,28-,31+/m1/s1. The summed E-state index contributed by atoms with van der Waals surface area (Å²) in [6.07, 6.45) is 3.48. The first kappa shape index (κ1) is 30.3. The maximum Gasteiger partial charge on any atom is 0.255 e. The number of carbonyl (C=O) groups is 1. The van der Waals surface area contributed by atoms with Gasteiger partial charge in [0.15, 0.2) is 8.32 Å². The van der Waals surface area contributed by atoms with Crippen LogP contribution < -0.4 is 0 Å². The molecule has 2 fully saturated rings. The Morgan fingerprint density at radius 3 is 2.46 bits per heavy atom. The molecule has 0 N–H and O–H groups in total. The number of morpholine rings is 1. The maximum absolute atomic E-state index is 14.9. The van der Waals surface area contributed by atoms with Crippen LogP contribution >= 0.6 is 23.2 Å². The highest BCUT2D eigenvalue weighted by atomic mass is 35.5. The summed E-state index contributed by atoms with van der Waals surface area (Å²) >= 11 is 12.5. The summed E-state index contributed by atoms with van der Waals surface area (Å²) in [7, 11) is -2.11.